The summed E-state index contributed by atoms with van der Waals surface area (Å²) in [5, 5.41) is 3.19. The molecule has 1 aromatic carbocycles. The monoisotopic (exact) mass is 272 g/mol. The minimum absolute atomic E-state index is 0.324. The van der Waals surface area contributed by atoms with E-state index in [0.717, 1.165) is 12.1 Å². The summed E-state index contributed by atoms with van der Waals surface area (Å²) in [7, 11) is 1.55. The molecule has 0 saturated carbocycles. The van der Waals surface area contributed by atoms with Gasteiger partial charge in [0.05, 0.1) is 7.11 Å². The molecule has 0 radical (unpaired) electrons. The maximum absolute atomic E-state index is 5.75. The summed E-state index contributed by atoms with van der Waals surface area (Å²) in [4.78, 5) is 8.05. The van der Waals surface area contributed by atoms with Crippen LogP contribution in [-0.2, 0) is 6.42 Å². The van der Waals surface area contributed by atoms with Crippen LogP contribution in [0.5, 0.6) is 5.75 Å². The van der Waals surface area contributed by atoms with E-state index < -0.39 is 0 Å². The largest absolute Gasteiger partial charge is 0.490 e. The number of nitrogens with two attached hydrogens (primary N) is 1. The number of nitrogen functional groups attached to an aromatic ring is 1. The van der Waals surface area contributed by atoms with E-state index >= 15 is 0 Å². The maximum atomic E-state index is 5.75. The van der Waals surface area contributed by atoms with Gasteiger partial charge >= 0.3 is 0 Å². The van der Waals surface area contributed by atoms with Gasteiger partial charge in [-0.2, -0.15) is 0 Å². The number of unbranched alkanes of at least 4 members (excludes halogenated alkanes) is 1. The number of nitrogens with one attached hydrogen (secondary N) is 1. The number of hydrogen-bond donors (Lipinski definition) is 2. The summed E-state index contributed by atoms with van der Waals surface area (Å²) < 4.78 is 5.21. The van der Waals surface area contributed by atoms with Gasteiger partial charge in [0.2, 0.25) is 5.75 Å². The van der Waals surface area contributed by atoms with Gasteiger partial charge in [-0.15, -0.1) is 0 Å². The molecular formula is C15H20N4O. The van der Waals surface area contributed by atoms with Crippen molar-refractivity contribution in [3.05, 3.63) is 36.2 Å². The van der Waals surface area contributed by atoms with Crippen LogP contribution in [0.3, 0.4) is 0 Å². The lowest BCUT2D eigenvalue weighted by atomic mass is 10.1. The van der Waals surface area contributed by atoms with Gasteiger partial charge in [-0.3, -0.25) is 0 Å². The first-order valence-corrected chi connectivity index (χ1v) is 6.75. The van der Waals surface area contributed by atoms with E-state index in [9.17, 15) is 0 Å². The molecule has 0 amide bonds. The molecule has 1 aromatic heterocycles. The second-order valence-corrected chi connectivity index (χ2v) is 4.57. The first-order chi connectivity index (χ1) is 9.74. The molecule has 3 N–H and O–H groups in total. The third-order valence-corrected chi connectivity index (χ3v) is 3.07. The van der Waals surface area contributed by atoms with Gasteiger partial charge in [-0.25, -0.2) is 9.97 Å². The van der Waals surface area contributed by atoms with Crippen molar-refractivity contribution in [3.63, 3.8) is 0 Å². The highest BCUT2D eigenvalue weighted by Crippen LogP contribution is 2.29. The molecule has 106 valence electrons. The van der Waals surface area contributed by atoms with Crippen molar-refractivity contribution in [2.45, 2.75) is 26.2 Å². The molecule has 2 rings (SSSR count). The highest BCUT2D eigenvalue weighted by Gasteiger charge is 2.09. The molecule has 2 aromatic rings. The van der Waals surface area contributed by atoms with Crippen molar-refractivity contribution in [3.8, 4) is 5.75 Å². The van der Waals surface area contributed by atoms with Crippen molar-refractivity contribution in [2.75, 3.05) is 18.2 Å². The predicted molar refractivity (Wildman–Crippen MR) is 81.3 cm³/mol. The van der Waals surface area contributed by atoms with Gasteiger partial charge in [0.25, 0.3) is 0 Å². The van der Waals surface area contributed by atoms with Gasteiger partial charge in [-0.1, -0.05) is 25.5 Å². The Labute approximate surface area is 119 Å². The van der Waals surface area contributed by atoms with Crippen molar-refractivity contribution < 1.29 is 4.74 Å². The molecular weight excluding hydrogens is 252 g/mol. The van der Waals surface area contributed by atoms with Crippen LogP contribution < -0.4 is 15.8 Å². The van der Waals surface area contributed by atoms with Crippen molar-refractivity contribution in [1.29, 1.82) is 0 Å². The Morgan fingerprint density at radius 1 is 1.20 bits per heavy atom. The number of hydrogen-bond acceptors (Lipinski definition) is 5. The summed E-state index contributed by atoms with van der Waals surface area (Å²) in [6.45, 7) is 2.20. The molecule has 0 spiro atoms. The standard InChI is InChI=1S/C15H20N4O/c1-3-4-5-11-6-8-12(9-7-11)19-15-13(20-2)14(16)17-10-18-15/h6-10H,3-5H2,1-2H3,(H3,16,17,18,19). The number of rotatable bonds is 6. The zero-order valence-corrected chi connectivity index (χ0v) is 11.9. The minimum atomic E-state index is 0.324. The molecule has 0 aliphatic heterocycles. The molecule has 20 heavy (non-hydrogen) atoms. The van der Waals surface area contributed by atoms with Crippen LogP contribution in [0.15, 0.2) is 30.6 Å². The van der Waals surface area contributed by atoms with E-state index in [4.69, 9.17) is 10.5 Å². The number of ether oxygens (including phenoxy) is 1. The molecule has 5 heteroatoms. The van der Waals surface area contributed by atoms with E-state index in [0.29, 0.717) is 17.4 Å². The molecule has 0 aliphatic rings. The number of methoxy groups -OCH3 is 1. The highest BCUT2D eigenvalue weighted by atomic mass is 16.5. The van der Waals surface area contributed by atoms with Gasteiger partial charge in [-0.05, 0) is 30.5 Å². The molecule has 0 atom stereocenters. The quantitative estimate of drug-likeness (QED) is 0.845. The first kappa shape index (κ1) is 14.1. The fourth-order valence-electron chi connectivity index (χ4n) is 1.95. The van der Waals surface area contributed by atoms with Gasteiger partial charge in [0, 0.05) is 5.69 Å². The number of nitrogens with zero attached hydrogens (tertiary/aromatic N) is 2. The fourth-order valence-corrected chi connectivity index (χ4v) is 1.95. The lowest BCUT2D eigenvalue weighted by molar-refractivity contribution is 0.415. The van der Waals surface area contributed by atoms with E-state index in [1.165, 1.54) is 24.7 Å². The SMILES string of the molecule is CCCCc1ccc(Nc2ncnc(N)c2OC)cc1. The molecule has 0 aliphatic carbocycles. The van der Waals surface area contributed by atoms with Crippen LogP contribution in [-0.4, -0.2) is 17.1 Å². The second-order valence-electron chi connectivity index (χ2n) is 4.57. The first-order valence-electron chi connectivity index (χ1n) is 6.75. The Hall–Kier alpha value is -2.30. The molecule has 0 saturated heterocycles. The smallest absolute Gasteiger partial charge is 0.204 e. The minimum Gasteiger partial charge on any atom is -0.490 e. The Morgan fingerprint density at radius 3 is 2.60 bits per heavy atom. The fraction of sp³-hybridized carbons (Fsp3) is 0.333. The maximum Gasteiger partial charge on any atom is 0.204 e. The second kappa shape index (κ2) is 6.75. The van der Waals surface area contributed by atoms with E-state index in [1.54, 1.807) is 7.11 Å². The van der Waals surface area contributed by atoms with Crippen molar-refractivity contribution in [2.24, 2.45) is 0 Å². The topological polar surface area (TPSA) is 73.1 Å². The summed E-state index contributed by atoms with van der Waals surface area (Å²) in [5.74, 6) is 1.36. The van der Waals surface area contributed by atoms with Crippen LogP contribution in [0.1, 0.15) is 25.3 Å². The average molecular weight is 272 g/mol. The van der Waals surface area contributed by atoms with Crippen LogP contribution in [0.25, 0.3) is 0 Å². The van der Waals surface area contributed by atoms with Crippen LogP contribution in [0, 0.1) is 0 Å². The summed E-state index contributed by atoms with van der Waals surface area (Å²) in [5.41, 5.74) is 8.03. The highest BCUT2D eigenvalue weighted by molar-refractivity contribution is 5.67. The van der Waals surface area contributed by atoms with Gasteiger partial charge < -0.3 is 15.8 Å². The van der Waals surface area contributed by atoms with Crippen LogP contribution >= 0.6 is 0 Å². The van der Waals surface area contributed by atoms with Crippen molar-refractivity contribution in [1.82, 2.24) is 9.97 Å². The number of aromatic nitrogens is 2. The third kappa shape index (κ3) is 3.38. The molecule has 5 nitrogen and oxygen atoms in total. The Balaban J connectivity index is 2.12. The third-order valence-electron chi connectivity index (χ3n) is 3.07. The molecule has 0 bridgehead atoms. The lowest BCUT2D eigenvalue weighted by Gasteiger charge is -2.11. The Kier molecular flexibility index (Phi) is 4.76. The molecule has 0 unspecified atom stereocenters. The Morgan fingerprint density at radius 2 is 1.95 bits per heavy atom. The van der Waals surface area contributed by atoms with E-state index in [-0.39, 0.29) is 0 Å². The summed E-state index contributed by atoms with van der Waals surface area (Å²) in [6.07, 6.45) is 4.94. The summed E-state index contributed by atoms with van der Waals surface area (Å²) in [6, 6.07) is 8.30. The van der Waals surface area contributed by atoms with E-state index in [2.05, 4.69) is 34.3 Å². The zero-order chi connectivity index (χ0) is 14.4. The number of benzene rings is 1. The molecule has 1 heterocycles. The number of anilines is 3. The Bertz CT molecular complexity index is 554. The predicted octanol–water partition coefficient (Wildman–Crippen LogP) is 3.15. The summed E-state index contributed by atoms with van der Waals surface area (Å²) >= 11 is 0. The zero-order valence-electron chi connectivity index (χ0n) is 11.9. The van der Waals surface area contributed by atoms with Crippen molar-refractivity contribution >= 4 is 17.3 Å². The van der Waals surface area contributed by atoms with E-state index in [1.807, 2.05) is 12.1 Å². The molecule has 0 fully saturated rings. The average Bonchev–Trinajstić information content (AvgIpc) is 2.47. The van der Waals surface area contributed by atoms with Gasteiger partial charge in [0.1, 0.15) is 6.33 Å². The normalized spacial score (nSPS) is 10.3. The van der Waals surface area contributed by atoms with Crippen LogP contribution in [0.2, 0.25) is 0 Å². The number of aryl methyl sites for hydroxylation is 1. The lowest BCUT2D eigenvalue weighted by Crippen LogP contribution is -2.02. The van der Waals surface area contributed by atoms with Gasteiger partial charge in [0.15, 0.2) is 11.6 Å². The van der Waals surface area contributed by atoms with Crippen LogP contribution in [0.4, 0.5) is 17.3 Å².